The molecule has 2 amide bonds. The van der Waals surface area contributed by atoms with Gasteiger partial charge < -0.3 is 13.7 Å². The van der Waals surface area contributed by atoms with E-state index in [9.17, 15) is 14.4 Å². The van der Waals surface area contributed by atoms with Gasteiger partial charge in [-0.05, 0) is 53.7 Å². The van der Waals surface area contributed by atoms with Crippen LogP contribution in [0.1, 0.15) is 27.4 Å². The number of imide groups is 1. The van der Waals surface area contributed by atoms with Crippen LogP contribution in [0.5, 0.6) is 0 Å². The van der Waals surface area contributed by atoms with Crippen LogP contribution in [0.3, 0.4) is 0 Å². The van der Waals surface area contributed by atoms with Crippen molar-refractivity contribution >= 4 is 57.5 Å². The summed E-state index contributed by atoms with van der Waals surface area (Å²) in [5.74, 6) is -0.710. The predicted molar refractivity (Wildman–Crippen MR) is 134 cm³/mol. The summed E-state index contributed by atoms with van der Waals surface area (Å²) >= 11 is 6.89. The lowest BCUT2D eigenvalue weighted by atomic mass is 10.1. The third-order valence-corrected chi connectivity index (χ3v) is 6.77. The van der Waals surface area contributed by atoms with Crippen LogP contribution in [0.15, 0.2) is 76.2 Å². The monoisotopic (exact) mass is 506 g/mol. The number of amides is 2. The SMILES string of the molecule is COC(=O)c1ccc(CN2C(=O)S/C(=C/c3cn(Cc4ccc(Cl)cc4)c4ccccc34)C2=O)o1. The van der Waals surface area contributed by atoms with E-state index in [1.54, 1.807) is 12.1 Å². The van der Waals surface area contributed by atoms with Gasteiger partial charge in [-0.25, -0.2) is 4.79 Å². The van der Waals surface area contributed by atoms with Crippen molar-refractivity contribution in [1.82, 2.24) is 9.47 Å². The maximum absolute atomic E-state index is 13.1. The van der Waals surface area contributed by atoms with Crippen LogP contribution >= 0.6 is 23.4 Å². The van der Waals surface area contributed by atoms with E-state index in [1.165, 1.54) is 13.2 Å². The summed E-state index contributed by atoms with van der Waals surface area (Å²) in [4.78, 5) is 38.7. The molecule has 0 N–H and O–H groups in total. The first-order valence-corrected chi connectivity index (χ1v) is 11.9. The first kappa shape index (κ1) is 23.0. The molecule has 0 spiro atoms. The van der Waals surface area contributed by atoms with Crippen LogP contribution in [0.2, 0.25) is 5.02 Å². The van der Waals surface area contributed by atoms with Gasteiger partial charge in [0, 0.05) is 34.2 Å². The first-order chi connectivity index (χ1) is 16.9. The number of nitrogens with zero attached hydrogens (tertiary/aromatic N) is 2. The zero-order chi connectivity index (χ0) is 24.5. The second-order valence-corrected chi connectivity index (χ2v) is 9.31. The fraction of sp³-hybridized carbons (Fsp3) is 0.115. The zero-order valence-electron chi connectivity index (χ0n) is 18.6. The van der Waals surface area contributed by atoms with Crippen molar-refractivity contribution in [2.45, 2.75) is 13.1 Å². The van der Waals surface area contributed by atoms with Crippen molar-refractivity contribution in [3.63, 3.8) is 0 Å². The van der Waals surface area contributed by atoms with Gasteiger partial charge in [0.15, 0.2) is 0 Å². The van der Waals surface area contributed by atoms with Crippen molar-refractivity contribution in [2.75, 3.05) is 7.11 Å². The molecule has 176 valence electrons. The average molecular weight is 507 g/mol. The molecule has 35 heavy (non-hydrogen) atoms. The Hall–Kier alpha value is -3.75. The third kappa shape index (κ3) is 4.62. The lowest BCUT2D eigenvalue weighted by Crippen LogP contribution is -2.27. The summed E-state index contributed by atoms with van der Waals surface area (Å²) in [6.07, 6.45) is 3.72. The largest absolute Gasteiger partial charge is 0.463 e. The molecule has 4 aromatic rings. The quantitative estimate of drug-likeness (QED) is 0.237. The van der Waals surface area contributed by atoms with Crippen molar-refractivity contribution in [3.05, 3.63) is 99.4 Å². The molecule has 2 aromatic heterocycles. The van der Waals surface area contributed by atoms with Crippen LogP contribution in [0.4, 0.5) is 4.79 Å². The Morgan fingerprint density at radius 2 is 1.83 bits per heavy atom. The number of carbonyl (C=O) groups excluding carboxylic acids is 3. The van der Waals surface area contributed by atoms with Crippen LogP contribution in [0, 0.1) is 0 Å². The summed E-state index contributed by atoms with van der Waals surface area (Å²) < 4.78 is 12.1. The number of benzene rings is 2. The van der Waals surface area contributed by atoms with Gasteiger partial charge in [0.25, 0.3) is 11.1 Å². The highest BCUT2D eigenvalue weighted by molar-refractivity contribution is 8.18. The molecule has 5 rings (SSSR count). The van der Waals surface area contributed by atoms with Crippen molar-refractivity contribution < 1.29 is 23.5 Å². The Kier molecular flexibility index (Phi) is 6.23. The summed E-state index contributed by atoms with van der Waals surface area (Å²) in [7, 11) is 1.25. The third-order valence-electron chi connectivity index (χ3n) is 5.61. The van der Waals surface area contributed by atoms with E-state index in [0.29, 0.717) is 22.2 Å². The van der Waals surface area contributed by atoms with E-state index in [-0.39, 0.29) is 12.3 Å². The maximum atomic E-state index is 13.1. The van der Waals surface area contributed by atoms with Gasteiger partial charge in [-0.15, -0.1) is 0 Å². The van der Waals surface area contributed by atoms with E-state index < -0.39 is 17.1 Å². The number of rotatable bonds is 6. The summed E-state index contributed by atoms with van der Waals surface area (Å²) in [5.41, 5.74) is 2.94. The van der Waals surface area contributed by atoms with Crippen LogP contribution in [-0.2, 0) is 22.6 Å². The molecule has 1 fully saturated rings. The van der Waals surface area contributed by atoms with Crippen molar-refractivity contribution in [3.8, 4) is 0 Å². The molecule has 0 unspecified atom stereocenters. The van der Waals surface area contributed by atoms with Gasteiger partial charge in [0.1, 0.15) is 5.76 Å². The summed E-state index contributed by atoms with van der Waals surface area (Å²) in [5, 5.41) is 1.25. The Labute approximate surface area is 209 Å². The number of halogens is 1. The Morgan fingerprint density at radius 3 is 2.60 bits per heavy atom. The average Bonchev–Trinajstić information content (AvgIpc) is 3.54. The molecule has 1 aliphatic heterocycles. The molecule has 9 heteroatoms. The number of hydrogen-bond acceptors (Lipinski definition) is 6. The van der Waals surface area contributed by atoms with E-state index in [2.05, 4.69) is 9.30 Å². The lowest BCUT2D eigenvalue weighted by Gasteiger charge is -2.09. The van der Waals surface area contributed by atoms with Crippen LogP contribution in [0.25, 0.3) is 17.0 Å². The number of hydrogen-bond donors (Lipinski definition) is 0. The fourth-order valence-corrected chi connectivity index (χ4v) is 4.87. The lowest BCUT2D eigenvalue weighted by molar-refractivity contribution is -0.123. The predicted octanol–water partition coefficient (Wildman–Crippen LogP) is 5.96. The van der Waals surface area contributed by atoms with Gasteiger partial charge >= 0.3 is 5.97 Å². The standard InChI is InChI=1S/C26H19ClN2O5S/c1-33-25(31)22-11-10-19(34-22)15-29-24(30)23(35-26(29)32)12-17-14-28(21-5-3-2-4-20(17)21)13-16-6-8-18(27)9-7-16/h2-12,14H,13,15H2,1H3/b23-12+. The van der Waals surface area contributed by atoms with Gasteiger partial charge in [-0.2, -0.15) is 0 Å². The zero-order valence-corrected chi connectivity index (χ0v) is 20.1. The Balaban J connectivity index is 1.41. The molecular weight excluding hydrogens is 488 g/mol. The number of methoxy groups -OCH3 is 1. The Morgan fingerprint density at radius 1 is 1.06 bits per heavy atom. The normalized spacial score (nSPS) is 14.9. The topological polar surface area (TPSA) is 81.8 Å². The number of esters is 1. The van der Waals surface area contributed by atoms with E-state index in [4.69, 9.17) is 16.0 Å². The van der Waals surface area contributed by atoms with Gasteiger partial charge in [-0.3, -0.25) is 14.5 Å². The maximum Gasteiger partial charge on any atom is 0.373 e. The van der Waals surface area contributed by atoms with Gasteiger partial charge in [-0.1, -0.05) is 41.9 Å². The van der Waals surface area contributed by atoms with Crippen LogP contribution in [-0.4, -0.2) is 33.7 Å². The molecule has 0 radical (unpaired) electrons. The van der Waals surface area contributed by atoms with Gasteiger partial charge in [0.05, 0.1) is 18.6 Å². The number of ether oxygens (including phenoxy) is 1. The second-order valence-electron chi connectivity index (χ2n) is 7.88. The van der Waals surface area contributed by atoms with E-state index in [0.717, 1.165) is 38.7 Å². The molecule has 7 nitrogen and oxygen atoms in total. The van der Waals surface area contributed by atoms with Crippen molar-refractivity contribution in [1.29, 1.82) is 0 Å². The number of furan rings is 1. The smallest absolute Gasteiger partial charge is 0.373 e. The molecule has 0 atom stereocenters. The van der Waals surface area contributed by atoms with Crippen molar-refractivity contribution in [2.24, 2.45) is 0 Å². The Bertz CT molecular complexity index is 1490. The summed E-state index contributed by atoms with van der Waals surface area (Å²) in [6, 6.07) is 18.6. The summed E-state index contributed by atoms with van der Waals surface area (Å²) in [6.45, 7) is 0.561. The highest BCUT2D eigenvalue weighted by Crippen LogP contribution is 2.35. The minimum atomic E-state index is -0.625. The molecule has 0 aliphatic carbocycles. The highest BCUT2D eigenvalue weighted by Gasteiger charge is 2.36. The minimum absolute atomic E-state index is 0.0125. The molecule has 1 saturated heterocycles. The number of fused-ring (bicyclic) bond motifs is 1. The van der Waals surface area contributed by atoms with E-state index >= 15 is 0 Å². The van der Waals surface area contributed by atoms with Gasteiger partial charge in [0.2, 0.25) is 5.76 Å². The van der Waals surface area contributed by atoms with E-state index in [1.807, 2.05) is 54.7 Å². The molecule has 3 heterocycles. The first-order valence-electron chi connectivity index (χ1n) is 10.7. The molecule has 0 bridgehead atoms. The number of aromatic nitrogens is 1. The van der Waals surface area contributed by atoms with Crippen LogP contribution < -0.4 is 0 Å². The molecule has 2 aromatic carbocycles. The molecule has 1 aliphatic rings. The number of para-hydroxylation sites is 1. The minimum Gasteiger partial charge on any atom is -0.463 e. The highest BCUT2D eigenvalue weighted by atomic mass is 35.5. The second kappa shape index (κ2) is 9.48. The molecular formula is C26H19ClN2O5S. The number of thioether (sulfide) groups is 1. The fourth-order valence-electron chi connectivity index (χ4n) is 3.91. The number of carbonyl (C=O) groups is 3. The molecule has 0 saturated carbocycles.